The Balaban J connectivity index is 2.25. The molecule has 1 aliphatic rings. The van der Waals surface area contributed by atoms with Crippen molar-refractivity contribution < 1.29 is 9.59 Å². The smallest absolute Gasteiger partial charge is 0.227 e. The second-order valence-corrected chi connectivity index (χ2v) is 5.78. The molecule has 0 aliphatic carbocycles. The molecule has 2 amide bonds. The number of nitrogens with zero attached hydrogens (tertiary/aromatic N) is 1. The molecule has 1 aromatic rings. The monoisotopic (exact) mass is 338 g/mol. The third-order valence-corrected chi connectivity index (χ3v) is 4.44. The van der Waals surface area contributed by atoms with Gasteiger partial charge in [-0.1, -0.05) is 28.9 Å². The average Bonchev–Trinajstić information content (AvgIpc) is 2.82. The van der Waals surface area contributed by atoms with Crippen LogP contribution in [0.1, 0.15) is 25.3 Å². The molecule has 1 heterocycles. The van der Waals surface area contributed by atoms with Gasteiger partial charge in [-0.25, -0.2) is 0 Å². The molecule has 1 aromatic carbocycles. The van der Waals surface area contributed by atoms with Crippen molar-refractivity contribution in [3.63, 3.8) is 0 Å². The number of amides is 2. The predicted molar refractivity (Wildman–Crippen MR) is 84.4 cm³/mol. The summed E-state index contributed by atoms with van der Waals surface area (Å²) in [7, 11) is 0. The van der Waals surface area contributed by atoms with Crippen molar-refractivity contribution in [3.05, 3.63) is 23.8 Å². The maximum atomic E-state index is 12.1. The van der Waals surface area contributed by atoms with Gasteiger partial charge in [-0.15, -0.1) is 0 Å². The van der Waals surface area contributed by atoms with Crippen LogP contribution >= 0.6 is 15.9 Å². The molecular formula is C15H19BrN2O2. The number of aryl methyl sites for hydroxylation is 1. The Kier molecular flexibility index (Phi) is 4.81. The Bertz CT molecular complexity index is 531. The lowest BCUT2D eigenvalue weighted by atomic mass is 10.1. The van der Waals surface area contributed by atoms with E-state index in [1.54, 1.807) is 0 Å². The molecule has 0 spiro atoms. The summed E-state index contributed by atoms with van der Waals surface area (Å²) < 4.78 is 0. The summed E-state index contributed by atoms with van der Waals surface area (Å²) in [5.41, 5.74) is 2.68. The Hall–Kier alpha value is -1.36. The van der Waals surface area contributed by atoms with E-state index in [0.717, 1.165) is 28.8 Å². The first kappa shape index (κ1) is 15.0. The summed E-state index contributed by atoms with van der Waals surface area (Å²) in [4.78, 5) is 25.4. The number of hydrogen-bond acceptors (Lipinski definition) is 2. The van der Waals surface area contributed by atoms with Crippen LogP contribution in [0.4, 0.5) is 11.4 Å². The van der Waals surface area contributed by atoms with Gasteiger partial charge in [-0.05, 0) is 30.5 Å². The molecule has 1 fully saturated rings. The van der Waals surface area contributed by atoms with Gasteiger partial charge < -0.3 is 10.2 Å². The lowest BCUT2D eigenvalue weighted by Crippen LogP contribution is -2.25. The quantitative estimate of drug-likeness (QED) is 0.857. The van der Waals surface area contributed by atoms with E-state index in [4.69, 9.17) is 0 Å². The van der Waals surface area contributed by atoms with Crippen molar-refractivity contribution in [2.75, 3.05) is 22.1 Å². The minimum Gasteiger partial charge on any atom is -0.326 e. The largest absolute Gasteiger partial charge is 0.326 e. The minimum atomic E-state index is -0.0223. The standard InChI is InChI=1S/C15H19BrN2O2/c1-3-14(19)17-12-5-4-10(2)13(7-12)18-9-11(8-16)6-15(18)20/h4-5,7,11H,3,6,8-9H2,1-2H3,(H,17,19). The number of halogens is 1. The number of anilines is 2. The zero-order valence-electron chi connectivity index (χ0n) is 11.8. The number of nitrogens with one attached hydrogen (secondary N) is 1. The van der Waals surface area contributed by atoms with Crippen molar-refractivity contribution >= 4 is 39.1 Å². The lowest BCUT2D eigenvalue weighted by molar-refractivity contribution is -0.117. The number of alkyl halides is 1. The second kappa shape index (κ2) is 6.39. The third kappa shape index (κ3) is 3.20. The molecule has 1 saturated heterocycles. The molecule has 1 N–H and O–H groups in total. The zero-order valence-corrected chi connectivity index (χ0v) is 13.4. The summed E-state index contributed by atoms with van der Waals surface area (Å²) in [6, 6.07) is 5.70. The molecule has 4 nitrogen and oxygen atoms in total. The van der Waals surface area contributed by atoms with Gasteiger partial charge in [0.25, 0.3) is 0 Å². The Morgan fingerprint density at radius 2 is 2.25 bits per heavy atom. The molecule has 1 unspecified atom stereocenters. The van der Waals surface area contributed by atoms with Crippen LogP contribution in [0.5, 0.6) is 0 Å². The fourth-order valence-corrected chi connectivity index (χ4v) is 2.78. The predicted octanol–water partition coefficient (Wildman–Crippen LogP) is 3.09. The summed E-state index contributed by atoms with van der Waals surface area (Å²) >= 11 is 3.44. The third-order valence-electron chi connectivity index (χ3n) is 3.53. The molecule has 0 radical (unpaired) electrons. The first-order valence-electron chi connectivity index (χ1n) is 6.82. The molecule has 1 aliphatic heterocycles. The van der Waals surface area contributed by atoms with Crippen molar-refractivity contribution in [2.45, 2.75) is 26.7 Å². The van der Waals surface area contributed by atoms with Gasteiger partial charge in [0.2, 0.25) is 11.8 Å². The van der Waals surface area contributed by atoms with E-state index in [0.29, 0.717) is 18.8 Å². The lowest BCUT2D eigenvalue weighted by Gasteiger charge is -2.20. The summed E-state index contributed by atoms with van der Waals surface area (Å²) in [5.74, 6) is 0.484. The van der Waals surface area contributed by atoms with Crippen LogP contribution in [-0.4, -0.2) is 23.7 Å². The van der Waals surface area contributed by atoms with Gasteiger partial charge in [-0.3, -0.25) is 9.59 Å². The molecular weight excluding hydrogens is 320 g/mol. The molecule has 5 heteroatoms. The van der Waals surface area contributed by atoms with Gasteiger partial charge in [0.05, 0.1) is 0 Å². The SMILES string of the molecule is CCC(=O)Nc1ccc(C)c(N2CC(CBr)CC2=O)c1. The molecule has 20 heavy (non-hydrogen) atoms. The highest BCUT2D eigenvalue weighted by Gasteiger charge is 2.30. The van der Waals surface area contributed by atoms with Crippen molar-refractivity contribution in [1.82, 2.24) is 0 Å². The molecule has 0 saturated carbocycles. The summed E-state index contributed by atoms with van der Waals surface area (Å²) in [5, 5.41) is 3.67. The van der Waals surface area contributed by atoms with Crippen LogP contribution < -0.4 is 10.2 Å². The summed E-state index contributed by atoms with van der Waals surface area (Å²) in [6.07, 6.45) is 1.02. The number of carbonyl (C=O) groups is 2. The Morgan fingerprint density at radius 3 is 2.85 bits per heavy atom. The average molecular weight is 339 g/mol. The first-order valence-corrected chi connectivity index (χ1v) is 7.94. The Morgan fingerprint density at radius 1 is 1.50 bits per heavy atom. The first-order chi connectivity index (χ1) is 9.55. The van der Waals surface area contributed by atoms with Gasteiger partial charge in [0.1, 0.15) is 0 Å². The van der Waals surface area contributed by atoms with E-state index in [2.05, 4.69) is 21.2 Å². The zero-order chi connectivity index (χ0) is 14.7. The number of rotatable bonds is 4. The molecule has 108 valence electrons. The normalized spacial score (nSPS) is 18.4. The van der Waals surface area contributed by atoms with E-state index in [1.165, 1.54) is 0 Å². The van der Waals surface area contributed by atoms with Crippen LogP contribution in [0.3, 0.4) is 0 Å². The van der Waals surface area contributed by atoms with Crippen molar-refractivity contribution in [1.29, 1.82) is 0 Å². The maximum absolute atomic E-state index is 12.1. The van der Waals surface area contributed by atoms with Gasteiger partial charge in [-0.2, -0.15) is 0 Å². The highest BCUT2D eigenvalue weighted by molar-refractivity contribution is 9.09. The minimum absolute atomic E-state index is 0.0223. The van der Waals surface area contributed by atoms with Gasteiger partial charge >= 0.3 is 0 Å². The van der Waals surface area contributed by atoms with Crippen LogP contribution in [0.2, 0.25) is 0 Å². The van der Waals surface area contributed by atoms with Crippen molar-refractivity contribution in [2.24, 2.45) is 5.92 Å². The van der Waals surface area contributed by atoms with Crippen molar-refractivity contribution in [3.8, 4) is 0 Å². The van der Waals surface area contributed by atoms with E-state index in [-0.39, 0.29) is 11.8 Å². The molecule has 2 rings (SSSR count). The van der Waals surface area contributed by atoms with Crippen LogP contribution in [0.15, 0.2) is 18.2 Å². The van der Waals surface area contributed by atoms with E-state index in [1.807, 2.05) is 36.9 Å². The van der Waals surface area contributed by atoms with Gasteiger partial charge in [0, 0.05) is 36.1 Å². The fraction of sp³-hybridized carbons (Fsp3) is 0.467. The Labute approximate surface area is 127 Å². The van der Waals surface area contributed by atoms with E-state index >= 15 is 0 Å². The van der Waals surface area contributed by atoms with E-state index < -0.39 is 0 Å². The fourth-order valence-electron chi connectivity index (χ4n) is 2.35. The highest BCUT2D eigenvalue weighted by Crippen LogP contribution is 2.30. The van der Waals surface area contributed by atoms with Gasteiger partial charge in [0.15, 0.2) is 0 Å². The van der Waals surface area contributed by atoms with Crippen LogP contribution in [0.25, 0.3) is 0 Å². The highest BCUT2D eigenvalue weighted by atomic mass is 79.9. The second-order valence-electron chi connectivity index (χ2n) is 5.13. The number of hydrogen-bond donors (Lipinski definition) is 1. The number of benzene rings is 1. The van der Waals surface area contributed by atoms with E-state index in [9.17, 15) is 9.59 Å². The molecule has 1 atom stereocenters. The topological polar surface area (TPSA) is 49.4 Å². The van der Waals surface area contributed by atoms with Crippen LogP contribution in [-0.2, 0) is 9.59 Å². The molecule has 0 bridgehead atoms. The van der Waals surface area contributed by atoms with Crippen LogP contribution in [0, 0.1) is 12.8 Å². The maximum Gasteiger partial charge on any atom is 0.227 e. The number of carbonyl (C=O) groups excluding carboxylic acids is 2. The molecule has 0 aromatic heterocycles. The summed E-state index contributed by atoms with van der Waals surface area (Å²) in [6.45, 7) is 4.53.